The second-order valence-corrected chi connectivity index (χ2v) is 5.60. The van der Waals surface area contributed by atoms with Crippen LogP contribution in [0.4, 0.5) is 4.79 Å². The van der Waals surface area contributed by atoms with Crippen molar-refractivity contribution in [2.24, 2.45) is 7.05 Å². The second kappa shape index (κ2) is 7.04. The fourth-order valence-electron chi connectivity index (χ4n) is 1.75. The number of nitrogens with zero attached hydrogens (tertiary/aromatic N) is 3. The first kappa shape index (κ1) is 16.2. The predicted octanol–water partition coefficient (Wildman–Crippen LogP) is -0.743. The molecule has 6 heteroatoms. The lowest BCUT2D eigenvalue weighted by Gasteiger charge is -2.23. The van der Waals surface area contributed by atoms with E-state index in [1.54, 1.807) is 28.4 Å². The molecule has 0 unspecified atom stereocenters. The highest BCUT2D eigenvalue weighted by Crippen LogP contribution is 2.14. The zero-order chi connectivity index (χ0) is 13.1. The Labute approximate surface area is 134 Å². The maximum atomic E-state index is 12.4. The molecule has 2 aromatic heterocycles. The number of rotatable bonds is 3. The van der Waals surface area contributed by atoms with Gasteiger partial charge in [-0.25, -0.2) is 9.36 Å². The van der Waals surface area contributed by atoms with Gasteiger partial charge in [0.1, 0.15) is 12.4 Å². The van der Waals surface area contributed by atoms with Crippen molar-refractivity contribution in [1.82, 2.24) is 9.47 Å². The van der Waals surface area contributed by atoms with Gasteiger partial charge in [0.15, 0.2) is 0 Å². The highest BCUT2D eigenvalue weighted by molar-refractivity contribution is 7.09. The van der Waals surface area contributed by atoms with Crippen LogP contribution in [0.1, 0.15) is 18.7 Å². The van der Waals surface area contributed by atoms with E-state index in [1.807, 2.05) is 48.0 Å². The van der Waals surface area contributed by atoms with Gasteiger partial charge >= 0.3 is 6.03 Å². The molecule has 0 aliphatic rings. The summed E-state index contributed by atoms with van der Waals surface area (Å²) in [4.78, 5) is 15.5. The molecule has 0 atom stereocenters. The largest absolute Gasteiger partial charge is 1.00 e. The standard InChI is InChI=1S/C13H18N3OS.HI/c1-11(2)16(9-12-5-4-8-18-12)13(17)15-7-6-14(3)10-15;/h4-8,10-11H,9H2,1-3H3;1H/q+1;/p-1. The van der Waals surface area contributed by atoms with Crippen LogP contribution in [0.5, 0.6) is 0 Å². The van der Waals surface area contributed by atoms with Crippen LogP contribution in [-0.4, -0.2) is 21.5 Å². The van der Waals surface area contributed by atoms with Crippen molar-refractivity contribution < 1.29 is 33.3 Å². The number of hydrogen-bond acceptors (Lipinski definition) is 2. The zero-order valence-corrected chi connectivity index (χ0v) is 14.3. The average Bonchev–Trinajstić information content (AvgIpc) is 2.95. The van der Waals surface area contributed by atoms with Crippen molar-refractivity contribution in [2.75, 3.05) is 0 Å². The van der Waals surface area contributed by atoms with Gasteiger partial charge in [-0.1, -0.05) is 6.07 Å². The van der Waals surface area contributed by atoms with E-state index in [0.717, 1.165) is 0 Å². The highest BCUT2D eigenvalue weighted by Gasteiger charge is 2.23. The van der Waals surface area contributed by atoms with E-state index < -0.39 is 0 Å². The second-order valence-electron chi connectivity index (χ2n) is 4.57. The van der Waals surface area contributed by atoms with Crippen LogP contribution in [0.25, 0.3) is 0 Å². The third-order valence-corrected chi connectivity index (χ3v) is 3.63. The molecule has 0 aliphatic carbocycles. The van der Waals surface area contributed by atoms with E-state index in [1.165, 1.54) is 4.88 Å². The lowest BCUT2D eigenvalue weighted by Crippen LogP contribution is -3.00. The molecule has 2 aromatic rings. The third kappa shape index (κ3) is 4.04. The Morgan fingerprint density at radius 1 is 1.53 bits per heavy atom. The summed E-state index contributed by atoms with van der Waals surface area (Å²) in [5, 5.41) is 2.04. The number of carbonyl (C=O) groups is 1. The Kier molecular flexibility index (Phi) is 5.99. The molecular weight excluding hydrogens is 373 g/mol. The number of thiophene rings is 1. The molecular formula is C13H18IN3OS. The summed E-state index contributed by atoms with van der Waals surface area (Å²) in [6.45, 7) is 4.74. The van der Waals surface area contributed by atoms with Crippen LogP contribution >= 0.6 is 11.3 Å². The Morgan fingerprint density at radius 2 is 2.26 bits per heavy atom. The van der Waals surface area contributed by atoms with Gasteiger partial charge in [0.2, 0.25) is 0 Å². The van der Waals surface area contributed by atoms with Gasteiger partial charge in [-0.15, -0.1) is 11.3 Å². The minimum absolute atomic E-state index is 0. The van der Waals surface area contributed by atoms with Crippen molar-refractivity contribution in [3.63, 3.8) is 0 Å². The van der Waals surface area contributed by atoms with Gasteiger partial charge in [0.25, 0.3) is 6.33 Å². The van der Waals surface area contributed by atoms with Crippen LogP contribution in [0.2, 0.25) is 0 Å². The fraction of sp³-hybridized carbons (Fsp3) is 0.385. The minimum atomic E-state index is 0. The Balaban J connectivity index is 0.00000180. The van der Waals surface area contributed by atoms with Gasteiger partial charge < -0.3 is 24.0 Å². The summed E-state index contributed by atoms with van der Waals surface area (Å²) in [5.74, 6) is 0. The lowest BCUT2D eigenvalue weighted by atomic mass is 10.3. The fourth-order valence-corrected chi connectivity index (χ4v) is 2.46. The molecule has 19 heavy (non-hydrogen) atoms. The van der Waals surface area contributed by atoms with Crippen LogP contribution < -0.4 is 28.5 Å². The van der Waals surface area contributed by atoms with Crippen molar-refractivity contribution in [2.45, 2.75) is 26.4 Å². The summed E-state index contributed by atoms with van der Waals surface area (Å²) in [6, 6.07) is 4.26. The maximum absolute atomic E-state index is 12.4. The molecule has 2 heterocycles. The quantitative estimate of drug-likeness (QED) is 0.501. The Morgan fingerprint density at radius 3 is 2.74 bits per heavy atom. The summed E-state index contributed by atoms with van der Waals surface area (Å²) >= 11 is 1.68. The molecule has 0 saturated carbocycles. The number of aryl methyl sites for hydroxylation is 1. The van der Waals surface area contributed by atoms with Crippen LogP contribution in [0.15, 0.2) is 36.2 Å². The Bertz CT molecular complexity index is 522. The summed E-state index contributed by atoms with van der Waals surface area (Å²) in [5.41, 5.74) is 0. The van der Waals surface area contributed by atoms with Gasteiger partial charge in [0.05, 0.1) is 13.6 Å². The molecule has 0 saturated heterocycles. The van der Waals surface area contributed by atoms with Gasteiger partial charge in [0, 0.05) is 10.9 Å². The van der Waals surface area contributed by atoms with Crippen LogP contribution in [0.3, 0.4) is 0 Å². The molecule has 0 spiro atoms. The first-order valence-corrected chi connectivity index (χ1v) is 6.82. The molecule has 0 fully saturated rings. The van der Waals surface area contributed by atoms with Crippen molar-refractivity contribution in [3.05, 3.63) is 41.1 Å². The SMILES string of the molecule is CC(C)N(Cc1cccs1)C(=O)n1cc[n+](C)c1.[I-]. The monoisotopic (exact) mass is 391 g/mol. The Hall–Kier alpha value is -0.890. The first-order valence-electron chi connectivity index (χ1n) is 5.94. The van der Waals surface area contributed by atoms with Crippen molar-refractivity contribution in [1.29, 1.82) is 0 Å². The molecule has 0 bridgehead atoms. The summed E-state index contributed by atoms with van der Waals surface area (Å²) in [6.07, 6.45) is 5.43. The molecule has 0 N–H and O–H groups in total. The van der Waals surface area contributed by atoms with Gasteiger partial charge in [-0.2, -0.15) is 4.57 Å². The van der Waals surface area contributed by atoms with Crippen molar-refractivity contribution >= 4 is 17.4 Å². The minimum Gasteiger partial charge on any atom is -1.00 e. The predicted molar refractivity (Wildman–Crippen MR) is 71.4 cm³/mol. The maximum Gasteiger partial charge on any atom is 0.416 e. The van der Waals surface area contributed by atoms with E-state index in [9.17, 15) is 4.79 Å². The molecule has 0 aliphatic heterocycles. The van der Waals surface area contributed by atoms with E-state index in [-0.39, 0.29) is 36.0 Å². The summed E-state index contributed by atoms with van der Waals surface area (Å²) < 4.78 is 3.48. The van der Waals surface area contributed by atoms with E-state index in [2.05, 4.69) is 6.07 Å². The number of amides is 1. The van der Waals surface area contributed by atoms with Crippen LogP contribution in [-0.2, 0) is 13.6 Å². The topological polar surface area (TPSA) is 29.1 Å². The molecule has 0 aromatic carbocycles. The number of halogens is 1. The third-order valence-electron chi connectivity index (χ3n) is 2.77. The molecule has 4 nitrogen and oxygen atoms in total. The van der Waals surface area contributed by atoms with E-state index >= 15 is 0 Å². The van der Waals surface area contributed by atoms with E-state index in [4.69, 9.17) is 0 Å². The lowest BCUT2D eigenvalue weighted by molar-refractivity contribution is -0.670. The highest BCUT2D eigenvalue weighted by atomic mass is 127. The number of carbonyl (C=O) groups excluding carboxylic acids is 1. The molecule has 104 valence electrons. The zero-order valence-electron chi connectivity index (χ0n) is 11.3. The number of aromatic nitrogens is 2. The average molecular weight is 391 g/mol. The molecule has 2 rings (SSSR count). The normalized spacial score (nSPS) is 10.3. The van der Waals surface area contributed by atoms with E-state index in [0.29, 0.717) is 6.54 Å². The smallest absolute Gasteiger partial charge is 0.416 e. The summed E-state index contributed by atoms with van der Waals surface area (Å²) in [7, 11) is 1.91. The van der Waals surface area contributed by atoms with Gasteiger partial charge in [-0.3, -0.25) is 4.90 Å². The number of imidazole rings is 1. The van der Waals surface area contributed by atoms with Crippen LogP contribution in [0, 0.1) is 0 Å². The molecule has 0 radical (unpaired) electrons. The first-order chi connectivity index (χ1) is 8.58. The van der Waals surface area contributed by atoms with Gasteiger partial charge in [-0.05, 0) is 25.3 Å². The molecule has 1 amide bonds. The van der Waals surface area contributed by atoms with Crippen molar-refractivity contribution in [3.8, 4) is 0 Å². The number of hydrogen-bond donors (Lipinski definition) is 0.